The van der Waals surface area contributed by atoms with Crippen molar-refractivity contribution >= 4 is 23.5 Å². The van der Waals surface area contributed by atoms with E-state index in [1.54, 1.807) is 7.11 Å². The second-order valence-electron chi connectivity index (χ2n) is 1.77. The summed E-state index contributed by atoms with van der Waals surface area (Å²) in [6.45, 7) is 0.877. The van der Waals surface area contributed by atoms with E-state index in [4.69, 9.17) is 4.74 Å². The molecule has 0 aromatic rings. The Bertz CT molecular complexity index is 53.0. The molecule has 3 heteroatoms. The highest BCUT2D eigenvalue weighted by Crippen LogP contribution is 2.11. The van der Waals surface area contributed by atoms with Gasteiger partial charge in [-0.3, -0.25) is 0 Å². The molecule has 1 nitrogen and oxygen atoms in total. The molecule has 0 amide bonds. The zero-order valence-corrected chi connectivity index (χ0v) is 7.85. The van der Waals surface area contributed by atoms with E-state index in [1.165, 1.54) is 5.75 Å². The minimum Gasteiger partial charge on any atom is -0.384 e. The maximum absolute atomic E-state index is 5.01. The molecule has 0 aromatic carbocycles. The van der Waals surface area contributed by atoms with Gasteiger partial charge >= 0.3 is 0 Å². The van der Waals surface area contributed by atoms with Gasteiger partial charge in [0, 0.05) is 18.1 Å². The molecular formula is C6H14OS2. The van der Waals surface area contributed by atoms with Crippen molar-refractivity contribution in [2.75, 3.05) is 32.0 Å². The second kappa shape index (κ2) is 6.78. The van der Waals surface area contributed by atoms with Crippen molar-refractivity contribution in [3.05, 3.63) is 0 Å². The molecule has 0 aliphatic heterocycles. The van der Waals surface area contributed by atoms with Gasteiger partial charge in [0.05, 0.1) is 6.61 Å². The Hall–Kier alpha value is 0.660. The number of rotatable bonds is 5. The van der Waals surface area contributed by atoms with Gasteiger partial charge in [-0.2, -0.15) is 23.5 Å². The van der Waals surface area contributed by atoms with Crippen LogP contribution in [0.5, 0.6) is 0 Å². The van der Waals surface area contributed by atoms with Crippen LogP contribution >= 0.6 is 23.5 Å². The van der Waals surface area contributed by atoms with Gasteiger partial charge < -0.3 is 4.74 Å². The first kappa shape index (κ1) is 9.66. The maximum atomic E-state index is 5.01. The Morgan fingerprint density at radius 2 is 2.11 bits per heavy atom. The molecule has 0 saturated carbocycles. The van der Waals surface area contributed by atoms with Crippen molar-refractivity contribution in [3.63, 3.8) is 0 Å². The monoisotopic (exact) mass is 166 g/mol. The van der Waals surface area contributed by atoms with Crippen LogP contribution in [-0.4, -0.2) is 37.2 Å². The summed E-state index contributed by atoms with van der Waals surface area (Å²) in [6.07, 6.45) is 4.25. The number of thioether (sulfide) groups is 2. The SMILES string of the molecule is COCC(CSC)SC. The fourth-order valence-electron chi connectivity index (χ4n) is 0.556. The van der Waals surface area contributed by atoms with E-state index < -0.39 is 0 Å². The highest BCUT2D eigenvalue weighted by atomic mass is 32.2. The third-order valence-corrected chi connectivity index (χ3v) is 2.95. The molecule has 0 aliphatic carbocycles. The zero-order valence-electron chi connectivity index (χ0n) is 6.22. The van der Waals surface area contributed by atoms with Crippen LogP contribution in [0.4, 0.5) is 0 Å². The third kappa shape index (κ3) is 5.12. The molecular weight excluding hydrogens is 152 g/mol. The standard InChI is InChI=1S/C6H14OS2/c1-7-4-6(9-3)5-8-2/h6H,4-5H2,1-3H3. The van der Waals surface area contributed by atoms with E-state index in [2.05, 4.69) is 12.5 Å². The van der Waals surface area contributed by atoms with Crippen LogP contribution < -0.4 is 0 Å². The van der Waals surface area contributed by atoms with Crippen molar-refractivity contribution in [1.82, 2.24) is 0 Å². The van der Waals surface area contributed by atoms with Crippen molar-refractivity contribution in [1.29, 1.82) is 0 Å². The van der Waals surface area contributed by atoms with E-state index in [1.807, 2.05) is 23.5 Å². The minimum atomic E-state index is 0.671. The Morgan fingerprint density at radius 3 is 2.44 bits per heavy atom. The first-order valence-electron chi connectivity index (χ1n) is 2.85. The lowest BCUT2D eigenvalue weighted by atomic mass is 10.5. The summed E-state index contributed by atoms with van der Waals surface area (Å²) in [6, 6.07) is 0. The van der Waals surface area contributed by atoms with Crippen LogP contribution in [0.3, 0.4) is 0 Å². The molecule has 0 heterocycles. The topological polar surface area (TPSA) is 9.23 Å². The van der Waals surface area contributed by atoms with Crippen LogP contribution in [0.15, 0.2) is 0 Å². The summed E-state index contributed by atoms with van der Waals surface area (Å²) >= 11 is 3.75. The van der Waals surface area contributed by atoms with Gasteiger partial charge in [-0.25, -0.2) is 0 Å². The predicted molar refractivity (Wildman–Crippen MR) is 47.6 cm³/mol. The van der Waals surface area contributed by atoms with Crippen molar-refractivity contribution < 1.29 is 4.74 Å². The van der Waals surface area contributed by atoms with Crippen LogP contribution in [0.2, 0.25) is 0 Å². The smallest absolute Gasteiger partial charge is 0.0589 e. The largest absolute Gasteiger partial charge is 0.384 e. The Labute approximate surface area is 65.9 Å². The molecule has 0 fully saturated rings. The molecule has 0 spiro atoms. The second-order valence-corrected chi connectivity index (χ2v) is 3.82. The fourth-order valence-corrected chi connectivity index (χ4v) is 2.25. The Morgan fingerprint density at radius 1 is 1.44 bits per heavy atom. The van der Waals surface area contributed by atoms with Crippen LogP contribution in [0.1, 0.15) is 0 Å². The molecule has 0 radical (unpaired) electrons. The molecule has 56 valence electrons. The van der Waals surface area contributed by atoms with Crippen molar-refractivity contribution in [2.45, 2.75) is 5.25 Å². The highest BCUT2D eigenvalue weighted by molar-refractivity contribution is 8.02. The predicted octanol–water partition coefficient (Wildman–Crippen LogP) is 1.73. The Kier molecular flexibility index (Phi) is 7.27. The average molecular weight is 166 g/mol. The number of methoxy groups -OCH3 is 1. The first-order chi connectivity index (χ1) is 4.35. The normalized spacial score (nSPS) is 13.7. The third-order valence-electron chi connectivity index (χ3n) is 1.04. The lowest BCUT2D eigenvalue weighted by Gasteiger charge is -2.10. The lowest BCUT2D eigenvalue weighted by Crippen LogP contribution is -2.12. The highest BCUT2D eigenvalue weighted by Gasteiger charge is 2.03. The number of hydrogen-bond acceptors (Lipinski definition) is 3. The molecule has 0 saturated heterocycles. The van der Waals surface area contributed by atoms with Crippen molar-refractivity contribution in [2.24, 2.45) is 0 Å². The quantitative estimate of drug-likeness (QED) is 0.615. The average Bonchev–Trinajstić information content (AvgIpc) is 1.88. The van der Waals surface area contributed by atoms with Gasteiger partial charge in [-0.1, -0.05) is 0 Å². The molecule has 0 bridgehead atoms. The van der Waals surface area contributed by atoms with E-state index >= 15 is 0 Å². The first-order valence-corrected chi connectivity index (χ1v) is 5.54. The van der Waals surface area contributed by atoms with Gasteiger partial charge in [-0.05, 0) is 12.5 Å². The van der Waals surface area contributed by atoms with Gasteiger partial charge in [0.25, 0.3) is 0 Å². The van der Waals surface area contributed by atoms with E-state index in [9.17, 15) is 0 Å². The minimum absolute atomic E-state index is 0.671. The molecule has 1 unspecified atom stereocenters. The zero-order chi connectivity index (χ0) is 7.11. The molecule has 0 aromatic heterocycles. The Balaban J connectivity index is 3.18. The van der Waals surface area contributed by atoms with E-state index in [0.717, 1.165) is 6.61 Å². The molecule has 0 rings (SSSR count). The molecule has 0 N–H and O–H groups in total. The summed E-state index contributed by atoms with van der Waals surface area (Å²) < 4.78 is 5.01. The van der Waals surface area contributed by atoms with Gasteiger partial charge in [0.15, 0.2) is 0 Å². The van der Waals surface area contributed by atoms with Crippen LogP contribution in [0.25, 0.3) is 0 Å². The summed E-state index contributed by atoms with van der Waals surface area (Å²) in [4.78, 5) is 0. The maximum Gasteiger partial charge on any atom is 0.0589 e. The molecule has 1 atom stereocenters. The summed E-state index contributed by atoms with van der Waals surface area (Å²) in [5.74, 6) is 1.19. The lowest BCUT2D eigenvalue weighted by molar-refractivity contribution is 0.204. The van der Waals surface area contributed by atoms with Gasteiger partial charge in [0.1, 0.15) is 0 Å². The summed E-state index contributed by atoms with van der Waals surface area (Å²) in [5, 5.41) is 0.671. The fraction of sp³-hybridized carbons (Fsp3) is 1.00. The molecule has 9 heavy (non-hydrogen) atoms. The van der Waals surface area contributed by atoms with E-state index in [0.29, 0.717) is 5.25 Å². The number of hydrogen-bond donors (Lipinski definition) is 0. The molecule has 0 aliphatic rings. The van der Waals surface area contributed by atoms with Crippen molar-refractivity contribution in [3.8, 4) is 0 Å². The number of ether oxygens (including phenoxy) is 1. The summed E-state index contributed by atoms with van der Waals surface area (Å²) in [7, 11) is 1.75. The van der Waals surface area contributed by atoms with E-state index in [-0.39, 0.29) is 0 Å². The van der Waals surface area contributed by atoms with Crippen LogP contribution in [-0.2, 0) is 4.74 Å². The van der Waals surface area contributed by atoms with Gasteiger partial charge in [0.2, 0.25) is 0 Å². The van der Waals surface area contributed by atoms with Crippen LogP contribution in [0, 0.1) is 0 Å². The summed E-state index contributed by atoms with van der Waals surface area (Å²) in [5.41, 5.74) is 0. The van der Waals surface area contributed by atoms with Gasteiger partial charge in [-0.15, -0.1) is 0 Å².